The largest absolute Gasteiger partial charge is 0.382 e. The lowest BCUT2D eigenvalue weighted by molar-refractivity contribution is -0.196. The highest BCUT2D eigenvalue weighted by molar-refractivity contribution is 5.87. The molecule has 0 spiro atoms. The summed E-state index contributed by atoms with van der Waals surface area (Å²) in [5, 5.41) is 0. The number of hydrogen-bond acceptors (Lipinski definition) is 7. The van der Waals surface area contributed by atoms with Crippen LogP contribution in [0.3, 0.4) is 0 Å². The summed E-state index contributed by atoms with van der Waals surface area (Å²) in [6, 6.07) is 30.9. The molecule has 2 saturated heterocycles. The zero-order chi connectivity index (χ0) is 28.0. The summed E-state index contributed by atoms with van der Waals surface area (Å²) in [6.45, 7) is 4.12. The number of benzene rings is 3. The number of H-pyrrole nitrogens is 1. The van der Waals surface area contributed by atoms with Crippen LogP contribution in [0.2, 0.25) is 0 Å². The molecule has 41 heavy (non-hydrogen) atoms. The fraction of sp³-hybridized carbons (Fsp3) is 0.273. The molecule has 8 nitrogen and oxygen atoms in total. The molecule has 0 aliphatic carbocycles. The predicted octanol–water partition coefficient (Wildman–Crippen LogP) is 5.51. The summed E-state index contributed by atoms with van der Waals surface area (Å²) in [7, 11) is 0. The van der Waals surface area contributed by atoms with Crippen molar-refractivity contribution >= 4 is 16.9 Å². The van der Waals surface area contributed by atoms with E-state index in [1.165, 1.54) is 6.33 Å². The van der Waals surface area contributed by atoms with Crippen LogP contribution in [0.4, 0.5) is 5.82 Å². The Balaban J connectivity index is 1.28. The van der Waals surface area contributed by atoms with Crippen LogP contribution in [0.25, 0.3) is 11.0 Å². The van der Waals surface area contributed by atoms with Crippen LogP contribution in [-0.2, 0) is 24.5 Å². The smallest absolute Gasteiger partial charge is 0.164 e. The third kappa shape index (κ3) is 4.40. The summed E-state index contributed by atoms with van der Waals surface area (Å²) in [6.07, 6.45) is 1.79. The first-order valence-corrected chi connectivity index (χ1v) is 13.9. The highest BCUT2D eigenvalue weighted by atomic mass is 16.8. The Hall–Kier alpha value is -4.08. The molecule has 0 amide bonds. The van der Waals surface area contributed by atoms with Crippen LogP contribution in [0.5, 0.6) is 0 Å². The van der Waals surface area contributed by atoms with Gasteiger partial charge in [0.1, 0.15) is 41.9 Å². The van der Waals surface area contributed by atoms with Crippen molar-refractivity contribution in [3.8, 4) is 0 Å². The van der Waals surface area contributed by atoms with Gasteiger partial charge in [0.2, 0.25) is 0 Å². The van der Waals surface area contributed by atoms with Gasteiger partial charge in [-0.2, -0.15) is 0 Å². The van der Waals surface area contributed by atoms with Crippen LogP contribution in [-0.4, -0.2) is 45.7 Å². The normalized spacial score (nSPS) is 23.6. The molecule has 0 saturated carbocycles. The van der Waals surface area contributed by atoms with E-state index in [-0.39, 0.29) is 18.8 Å². The molecule has 2 aliphatic heterocycles. The van der Waals surface area contributed by atoms with Gasteiger partial charge in [-0.1, -0.05) is 91.0 Å². The first-order chi connectivity index (χ1) is 20.0. The Labute approximate surface area is 238 Å². The minimum atomic E-state index is -0.877. The van der Waals surface area contributed by atoms with Crippen LogP contribution in [0, 0.1) is 0 Å². The summed E-state index contributed by atoms with van der Waals surface area (Å²) in [4.78, 5) is 11.8. The third-order valence-electron chi connectivity index (χ3n) is 7.98. The van der Waals surface area contributed by atoms with Crippen LogP contribution in [0.1, 0.15) is 42.2 Å². The van der Waals surface area contributed by atoms with Gasteiger partial charge in [0.05, 0.1) is 12.1 Å². The van der Waals surface area contributed by atoms with E-state index >= 15 is 0 Å². The molecule has 2 aromatic heterocycles. The zero-order valence-electron chi connectivity index (χ0n) is 22.9. The lowest BCUT2D eigenvalue weighted by Crippen LogP contribution is -2.39. The van der Waals surface area contributed by atoms with E-state index in [9.17, 15) is 0 Å². The molecule has 0 unspecified atom stereocenters. The van der Waals surface area contributed by atoms with E-state index < -0.39 is 23.6 Å². The van der Waals surface area contributed by atoms with Crippen molar-refractivity contribution in [3.05, 3.63) is 126 Å². The molecule has 4 heterocycles. The highest BCUT2D eigenvalue weighted by Crippen LogP contribution is 2.48. The van der Waals surface area contributed by atoms with E-state index in [1.54, 1.807) is 0 Å². The molecule has 4 atom stereocenters. The van der Waals surface area contributed by atoms with Gasteiger partial charge in [0.25, 0.3) is 0 Å². The maximum atomic E-state index is 7.11. The first-order valence-electron chi connectivity index (χ1n) is 13.9. The second-order valence-electron chi connectivity index (χ2n) is 11.0. The molecule has 0 radical (unpaired) electrons. The Morgan fingerprint density at radius 3 is 1.98 bits per heavy atom. The minimum Gasteiger partial charge on any atom is -0.382 e. The van der Waals surface area contributed by atoms with Crippen molar-refractivity contribution < 1.29 is 18.9 Å². The molecule has 2 aliphatic rings. The van der Waals surface area contributed by atoms with E-state index in [0.29, 0.717) is 16.9 Å². The van der Waals surface area contributed by atoms with Crippen molar-refractivity contribution in [1.82, 2.24) is 15.0 Å². The van der Waals surface area contributed by atoms with Gasteiger partial charge in [0.15, 0.2) is 11.6 Å². The molecular formula is C33H32N4O4. The maximum absolute atomic E-state index is 7.11. The van der Waals surface area contributed by atoms with Gasteiger partial charge in [-0.25, -0.2) is 9.97 Å². The standard InChI is InChI=1S/C33H32N4O4/c1-32(2)40-29-25(39-28(30(29)41-32)24-18-35-27-26(24)36-20-37-31(27)34)19-38-33(21-12-6-3-7-13-21,22-14-8-4-9-15-22)23-16-10-5-11-17-23/h3-18,20,25,28-30,35H,19H2,1-2H3,(H2,34,36,37)/t25-,28+,29+,30-/m0/s1. The molecule has 3 aromatic carbocycles. The summed E-state index contributed by atoms with van der Waals surface area (Å²) in [5.74, 6) is -0.386. The molecule has 5 aromatic rings. The number of rotatable bonds is 7. The summed E-state index contributed by atoms with van der Waals surface area (Å²) < 4.78 is 26.7. The number of nitrogens with two attached hydrogens (primary N) is 1. The van der Waals surface area contributed by atoms with Gasteiger partial charge in [0, 0.05) is 11.8 Å². The molecular weight excluding hydrogens is 516 g/mol. The lowest BCUT2D eigenvalue weighted by Gasteiger charge is -2.37. The van der Waals surface area contributed by atoms with E-state index in [1.807, 2.05) is 74.6 Å². The molecule has 7 rings (SSSR count). The molecule has 0 bridgehead atoms. The maximum Gasteiger partial charge on any atom is 0.164 e. The van der Waals surface area contributed by atoms with Crippen LogP contribution in [0.15, 0.2) is 104 Å². The van der Waals surface area contributed by atoms with Crippen LogP contribution < -0.4 is 5.73 Å². The molecule has 8 heteroatoms. The number of nitrogen functional groups attached to an aromatic ring is 1. The number of ether oxygens (including phenoxy) is 4. The average molecular weight is 549 g/mol. The van der Waals surface area contributed by atoms with Crippen molar-refractivity contribution in [2.24, 2.45) is 0 Å². The monoisotopic (exact) mass is 548 g/mol. The predicted molar refractivity (Wildman–Crippen MR) is 155 cm³/mol. The molecule has 208 valence electrons. The SMILES string of the molecule is CC1(C)O[C@@H]2[C@H](O1)[C@H](COC(c1ccccc1)(c1ccccc1)c1ccccc1)O[C@@H]2c1c[nH]c2c(N)ncnc12. The van der Waals surface area contributed by atoms with Crippen molar-refractivity contribution in [2.75, 3.05) is 12.3 Å². The lowest BCUT2D eigenvalue weighted by atomic mass is 9.80. The Kier molecular flexibility index (Phi) is 6.36. The molecule has 2 fully saturated rings. The highest BCUT2D eigenvalue weighted by Gasteiger charge is 2.56. The molecule has 3 N–H and O–H groups in total. The van der Waals surface area contributed by atoms with Gasteiger partial charge in [-0.15, -0.1) is 0 Å². The average Bonchev–Trinajstić information content (AvgIpc) is 3.67. The Morgan fingerprint density at radius 2 is 1.39 bits per heavy atom. The summed E-state index contributed by atoms with van der Waals surface area (Å²) >= 11 is 0. The van der Waals surface area contributed by atoms with Crippen molar-refractivity contribution in [3.63, 3.8) is 0 Å². The Bertz CT molecular complexity index is 1550. The number of anilines is 1. The van der Waals surface area contributed by atoms with E-state index in [0.717, 1.165) is 22.3 Å². The van der Waals surface area contributed by atoms with Gasteiger partial charge < -0.3 is 29.7 Å². The second kappa shape index (κ2) is 10.1. The second-order valence-corrected chi connectivity index (χ2v) is 11.0. The van der Waals surface area contributed by atoms with Gasteiger partial charge >= 0.3 is 0 Å². The van der Waals surface area contributed by atoms with Crippen molar-refractivity contribution in [1.29, 1.82) is 0 Å². The number of aromatic nitrogens is 3. The summed E-state index contributed by atoms with van der Waals surface area (Å²) in [5.41, 5.74) is 10.5. The van der Waals surface area contributed by atoms with Gasteiger partial charge in [-0.3, -0.25) is 0 Å². The minimum absolute atomic E-state index is 0.259. The fourth-order valence-corrected chi connectivity index (χ4v) is 6.24. The van der Waals surface area contributed by atoms with E-state index in [4.69, 9.17) is 24.7 Å². The number of fused-ring (bicyclic) bond motifs is 2. The first kappa shape index (κ1) is 25.9. The van der Waals surface area contributed by atoms with E-state index in [2.05, 4.69) is 51.4 Å². The van der Waals surface area contributed by atoms with Crippen LogP contribution >= 0.6 is 0 Å². The number of nitrogens with one attached hydrogen (secondary N) is 1. The zero-order valence-corrected chi connectivity index (χ0v) is 22.9. The fourth-order valence-electron chi connectivity index (χ4n) is 6.24. The quantitative estimate of drug-likeness (QED) is 0.259. The third-order valence-corrected chi connectivity index (χ3v) is 7.98. The number of nitrogens with zero attached hydrogens (tertiary/aromatic N) is 2. The van der Waals surface area contributed by atoms with Gasteiger partial charge in [-0.05, 0) is 30.5 Å². The number of hydrogen-bond donors (Lipinski definition) is 2. The Morgan fingerprint density at radius 1 is 0.829 bits per heavy atom. The topological polar surface area (TPSA) is 105 Å². The van der Waals surface area contributed by atoms with Crippen molar-refractivity contribution in [2.45, 2.75) is 49.7 Å². The number of aromatic amines is 1.